The van der Waals surface area contributed by atoms with Gasteiger partial charge in [0.2, 0.25) is 0 Å². The highest BCUT2D eigenvalue weighted by Gasteiger charge is 2.30. The highest BCUT2D eigenvalue weighted by atomic mass is 127. The third kappa shape index (κ3) is 10.4. The molecule has 0 bridgehead atoms. The average molecular weight is 475 g/mol. The first-order chi connectivity index (χ1) is 11.5. The van der Waals surface area contributed by atoms with Crippen LogP contribution in [0.5, 0.6) is 5.75 Å². The van der Waals surface area contributed by atoms with Crippen LogP contribution < -0.4 is 15.4 Å². The lowest BCUT2D eigenvalue weighted by Crippen LogP contribution is -2.39. The van der Waals surface area contributed by atoms with Crippen molar-refractivity contribution < 1.29 is 22.6 Å². The lowest BCUT2D eigenvalue weighted by molar-refractivity contribution is -0.137. The first-order valence-corrected chi connectivity index (χ1v) is 7.78. The number of methoxy groups -OCH3 is 1. The predicted molar refractivity (Wildman–Crippen MR) is 103 cm³/mol. The molecule has 0 saturated carbocycles. The van der Waals surface area contributed by atoms with Crippen LogP contribution in [0.25, 0.3) is 0 Å². The van der Waals surface area contributed by atoms with E-state index in [1.807, 2.05) is 6.92 Å². The first kappa shape index (κ1) is 23.8. The van der Waals surface area contributed by atoms with Gasteiger partial charge in [-0.3, -0.25) is 4.99 Å². The van der Waals surface area contributed by atoms with Crippen LogP contribution in [0, 0.1) is 0 Å². The van der Waals surface area contributed by atoms with E-state index in [4.69, 9.17) is 9.47 Å². The third-order valence-corrected chi connectivity index (χ3v) is 2.95. The van der Waals surface area contributed by atoms with Gasteiger partial charge in [0.05, 0.1) is 12.1 Å². The zero-order chi connectivity index (χ0) is 17.8. The zero-order valence-corrected chi connectivity index (χ0v) is 16.7. The van der Waals surface area contributed by atoms with Crippen LogP contribution in [0.3, 0.4) is 0 Å². The molecular weight excluding hydrogens is 450 g/mol. The number of nitrogens with zero attached hydrogens (tertiary/aromatic N) is 1. The van der Waals surface area contributed by atoms with Crippen LogP contribution in [-0.2, 0) is 10.9 Å². The Kier molecular flexibility index (Phi) is 12.4. The molecular formula is C16H25F3IN3O2. The molecule has 0 atom stereocenters. The number of guanidine groups is 1. The van der Waals surface area contributed by atoms with Crippen molar-refractivity contribution in [2.24, 2.45) is 4.99 Å². The number of halogens is 4. The van der Waals surface area contributed by atoms with Crippen LogP contribution in [0.15, 0.2) is 29.3 Å². The van der Waals surface area contributed by atoms with Crippen molar-refractivity contribution in [2.75, 3.05) is 40.0 Å². The molecule has 0 radical (unpaired) electrons. The Bertz CT molecular complexity index is 514. The summed E-state index contributed by atoms with van der Waals surface area (Å²) in [7, 11) is 1.64. The highest BCUT2D eigenvalue weighted by Crippen LogP contribution is 2.31. The predicted octanol–water partition coefficient (Wildman–Crippen LogP) is 3.29. The summed E-state index contributed by atoms with van der Waals surface area (Å²) in [6, 6.07) is 4.83. The second kappa shape index (κ2) is 13.0. The van der Waals surface area contributed by atoms with Gasteiger partial charge in [-0.05, 0) is 31.5 Å². The van der Waals surface area contributed by atoms with Crippen LogP contribution >= 0.6 is 24.0 Å². The molecule has 1 aromatic carbocycles. The van der Waals surface area contributed by atoms with Crippen molar-refractivity contribution in [3.63, 3.8) is 0 Å². The molecule has 144 valence electrons. The molecule has 0 spiro atoms. The molecule has 25 heavy (non-hydrogen) atoms. The minimum atomic E-state index is -4.37. The van der Waals surface area contributed by atoms with Crippen molar-refractivity contribution in [1.29, 1.82) is 0 Å². The Labute approximate surface area is 163 Å². The van der Waals surface area contributed by atoms with Crippen LogP contribution in [0.1, 0.15) is 18.9 Å². The van der Waals surface area contributed by atoms with E-state index in [1.165, 1.54) is 12.1 Å². The Morgan fingerprint density at radius 2 is 1.96 bits per heavy atom. The van der Waals surface area contributed by atoms with E-state index >= 15 is 0 Å². The fraction of sp³-hybridized carbons (Fsp3) is 0.562. The summed E-state index contributed by atoms with van der Waals surface area (Å²) in [5, 5.41) is 6.14. The van der Waals surface area contributed by atoms with Gasteiger partial charge < -0.3 is 20.1 Å². The third-order valence-electron chi connectivity index (χ3n) is 2.95. The van der Waals surface area contributed by atoms with E-state index in [-0.39, 0.29) is 36.3 Å². The van der Waals surface area contributed by atoms with Crippen LogP contribution in [0.4, 0.5) is 13.2 Å². The SMILES string of the molecule is CCNC(=NCCCOC)NCCOc1cccc(C(F)(F)F)c1.I. The molecule has 0 aliphatic heterocycles. The number of benzene rings is 1. The Hall–Kier alpha value is -1.23. The lowest BCUT2D eigenvalue weighted by Gasteiger charge is -2.13. The molecule has 2 N–H and O–H groups in total. The van der Waals surface area contributed by atoms with Gasteiger partial charge >= 0.3 is 6.18 Å². The van der Waals surface area contributed by atoms with Gasteiger partial charge in [0.15, 0.2) is 5.96 Å². The number of alkyl halides is 3. The van der Waals surface area contributed by atoms with Crippen LogP contribution in [-0.4, -0.2) is 45.9 Å². The van der Waals surface area contributed by atoms with Gasteiger partial charge in [0.1, 0.15) is 12.4 Å². The Morgan fingerprint density at radius 3 is 2.60 bits per heavy atom. The van der Waals surface area contributed by atoms with Crippen molar-refractivity contribution in [3.05, 3.63) is 29.8 Å². The van der Waals surface area contributed by atoms with Crippen molar-refractivity contribution in [1.82, 2.24) is 10.6 Å². The topological polar surface area (TPSA) is 54.9 Å². The quantitative estimate of drug-likeness (QED) is 0.249. The number of nitrogens with one attached hydrogen (secondary N) is 2. The second-order valence-electron chi connectivity index (χ2n) is 4.91. The number of aliphatic imine (C=N–C) groups is 1. The Balaban J connectivity index is 0.00000576. The van der Waals surface area contributed by atoms with E-state index in [1.54, 1.807) is 7.11 Å². The molecule has 9 heteroatoms. The fourth-order valence-electron chi connectivity index (χ4n) is 1.84. The smallest absolute Gasteiger partial charge is 0.416 e. The maximum Gasteiger partial charge on any atom is 0.416 e. The largest absolute Gasteiger partial charge is 0.492 e. The van der Waals surface area contributed by atoms with Crippen molar-refractivity contribution in [2.45, 2.75) is 19.5 Å². The number of hydrogen-bond acceptors (Lipinski definition) is 3. The van der Waals surface area contributed by atoms with E-state index in [0.29, 0.717) is 32.2 Å². The Morgan fingerprint density at radius 1 is 1.20 bits per heavy atom. The van der Waals surface area contributed by atoms with Crippen molar-refractivity contribution >= 4 is 29.9 Å². The normalized spacial score (nSPS) is 11.6. The molecule has 5 nitrogen and oxygen atoms in total. The first-order valence-electron chi connectivity index (χ1n) is 7.78. The van der Waals surface area contributed by atoms with Gasteiger partial charge in [-0.2, -0.15) is 13.2 Å². The summed E-state index contributed by atoms with van der Waals surface area (Å²) in [5.74, 6) is 0.829. The summed E-state index contributed by atoms with van der Waals surface area (Å²) in [6.45, 7) is 4.57. The molecule has 0 amide bonds. The monoisotopic (exact) mass is 475 g/mol. The van der Waals surface area contributed by atoms with Gasteiger partial charge in [-0.25, -0.2) is 0 Å². The molecule has 0 fully saturated rings. The standard InChI is InChI=1S/C16H24F3N3O2.HI/c1-3-20-15(21-8-5-10-23-2)22-9-11-24-14-7-4-6-13(12-14)16(17,18)19;/h4,6-7,12H,3,5,8-11H2,1-2H3,(H2,20,21,22);1H. The summed E-state index contributed by atoms with van der Waals surface area (Å²) in [4.78, 5) is 4.35. The molecule has 0 aliphatic carbocycles. The van der Waals surface area contributed by atoms with E-state index < -0.39 is 11.7 Å². The molecule has 0 aromatic heterocycles. The fourth-order valence-corrected chi connectivity index (χ4v) is 1.84. The number of rotatable bonds is 9. The maximum absolute atomic E-state index is 12.6. The molecule has 1 rings (SSSR count). The summed E-state index contributed by atoms with van der Waals surface area (Å²) in [5.41, 5.74) is -0.721. The van der Waals surface area contributed by atoms with E-state index in [2.05, 4.69) is 15.6 Å². The van der Waals surface area contributed by atoms with Crippen LogP contribution in [0.2, 0.25) is 0 Å². The van der Waals surface area contributed by atoms with E-state index in [9.17, 15) is 13.2 Å². The highest BCUT2D eigenvalue weighted by molar-refractivity contribution is 14.0. The summed E-state index contributed by atoms with van der Waals surface area (Å²) < 4.78 is 48.2. The molecule has 0 unspecified atom stereocenters. The summed E-state index contributed by atoms with van der Waals surface area (Å²) in [6.07, 6.45) is -3.56. The van der Waals surface area contributed by atoms with Gasteiger partial charge in [0, 0.05) is 26.8 Å². The van der Waals surface area contributed by atoms with Gasteiger partial charge in [0.25, 0.3) is 0 Å². The molecule has 0 saturated heterocycles. The molecule has 0 aliphatic rings. The second-order valence-corrected chi connectivity index (χ2v) is 4.91. The maximum atomic E-state index is 12.6. The minimum Gasteiger partial charge on any atom is -0.492 e. The van der Waals surface area contributed by atoms with E-state index in [0.717, 1.165) is 18.6 Å². The number of ether oxygens (including phenoxy) is 2. The average Bonchev–Trinajstić information content (AvgIpc) is 2.55. The molecule has 0 heterocycles. The summed E-state index contributed by atoms with van der Waals surface area (Å²) >= 11 is 0. The molecule has 1 aromatic rings. The lowest BCUT2D eigenvalue weighted by atomic mass is 10.2. The zero-order valence-electron chi connectivity index (χ0n) is 14.4. The van der Waals surface area contributed by atoms with Crippen molar-refractivity contribution in [3.8, 4) is 5.75 Å². The minimum absolute atomic E-state index is 0. The van der Waals surface area contributed by atoms with Gasteiger partial charge in [-0.1, -0.05) is 6.07 Å². The number of hydrogen-bond donors (Lipinski definition) is 2. The van der Waals surface area contributed by atoms with Gasteiger partial charge in [-0.15, -0.1) is 24.0 Å².